The average Bonchev–Trinajstić information content (AvgIpc) is 2.44. The maximum atomic E-state index is 6.23. The quantitative estimate of drug-likeness (QED) is 0.703. The average molecular weight is 370 g/mol. The lowest BCUT2D eigenvalue weighted by atomic mass is 10.1. The third-order valence-corrected chi connectivity index (χ3v) is 4.31. The van der Waals surface area contributed by atoms with Gasteiger partial charge in [-0.2, -0.15) is 0 Å². The molecule has 0 fully saturated rings. The summed E-state index contributed by atoms with van der Waals surface area (Å²) in [7, 11) is 1.68. The van der Waals surface area contributed by atoms with Crippen molar-refractivity contribution in [2.24, 2.45) is 5.92 Å². The molecule has 1 aromatic heterocycles. The Labute approximate surface area is 138 Å². The Balaban J connectivity index is 2.44. The van der Waals surface area contributed by atoms with E-state index in [0.717, 1.165) is 27.7 Å². The summed E-state index contributed by atoms with van der Waals surface area (Å²) in [5.41, 5.74) is 2.98. The second-order valence-electron chi connectivity index (χ2n) is 5.33. The van der Waals surface area contributed by atoms with Crippen molar-refractivity contribution >= 4 is 27.5 Å². The number of halogens is 2. The van der Waals surface area contributed by atoms with E-state index in [0.29, 0.717) is 23.5 Å². The van der Waals surface area contributed by atoms with Crippen LogP contribution in [0.5, 0.6) is 0 Å². The summed E-state index contributed by atoms with van der Waals surface area (Å²) >= 11 is 9.71. The molecule has 3 nitrogen and oxygen atoms in total. The first-order valence-electron chi connectivity index (χ1n) is 6.81. The summed E-state index contributed by atoms with van der Waals surface area (Å²) in [5.74, 6) is 1.15. The molecule has 0 amide bonds. The first-order valence-corrected chi connectivity index (χ1v) is 7.98. The topological polar surface area (TPSA) is 35.0 Å². The van der Waals surface area contributed by atoms with Crippen LogP contribution in [-0.2, 0) is 17.8 Å². The Kier molecular flexibility index (Phi) is 5.73. The molecule has 0 unspecified atom stereocenters. The Morgan fingerprint density at radius 1 is 1.29 bits per heavy atom. The van der Waals surface area contributed by atoms with E-state index in [-0.39, 0.29) is 0 Å². The largest absolute Gasteiger partial charge is 0.380 e. The summed E-state index contributed by atoms with van der Waals surface area (Å²) < 4.78 is 5.95. The second kappa shape index (κ2) is 7.34. The molecule has 0 N–H and O–H groups in total. The minimum absolute atomic E-state index is 0.452. The molecule has 1 aromatic carbocycles. The monoisotopic (exact) mass is 368 g/mol. The number of ether oxygens (including phenoxy) is 1. The molecule has 0 bridgehead atoms. The highest BCUT2D eigenvalue weighted by atomic mass is 79.9. The lowest BCUT2D eigenvalue weighted by Gasteiger charge is -2.11. The van der Waals surface area contributed by atoms with Gasteiger partial charge in [0.1, 0.15) is 5.15 Å². The molecule has 0 saturated carbocycles. The van der Waals surface area contributed by atoms with E-state index in [9.17, 15) is 0 Å². The molecule has 0 spiro atoms. The molecular formula is C16H18BrClN2O. The zero-order valence-electron chi connectivity index (χ0n) is 12.4. The van der Waals surface area contributed by atoms with Crippen molar-refractivity contribution in [2.45, 2.75) is 26.9 Å². The molecule has 112 valence electrons. The van der Waals surface area contributed by atoms with Crippen LogP contribution in [0.25, 0.3) is 11.4 Å². The van der Waals surface area contributed by atoms with Gasteiger partial charge in [0.25, 0.3) is 0 Å². The summed E-state index contributed by atoms with van der Waals surface area (Å²) in [5, 5.41) is 0.452. The van der Waals surface area contributed by atoms with E-state index in [1.807, 2.05) is 24.3 Å². The van der Waals surface area contributed by atoms with Gasteiger partial charge in [0.2, 0.25) is 0 Å². The van der Waals surface area contributed by atoms with Crippen LogP contribution in [0.3, 0.4) is 0 Å². The van der Waals surface area contributed by atoms with Crippen molar-refractivity contribution in [1.82, 2.24) is 9.97 Å². The van der Waals surface area contributed by atoms with Gasteiger partial charge in [-0.15, -0.1) is 0 Å². The van der Waals surface area contributed by atoms with Crippen LogP contribution in [0.15, 0.2) is 28.7 Å². The van der Waals surface area contributed by atoms with E-state index in [2.05, 4.69) is 39.7 Å². The van der Waals surface area contributed by atoms with Gasteiger partial charge < -0.3 is 4.74 Å². The molecule has 2 rings (SSSR count). The molecule has 0 aliphatic heterocycles. The summed E-state index contributed by atoms with van der Waals surface area (Å²) in [4.78, 5) is 9.04. The maximum absolute atomic E-state index is 6.23. The fraction of sp³-hybridized carbons (Fsp3) is 0.375. The lowest BCUT2D eigenvalue weighted by molar-refractivity contribution is 0.185. The standard InChI is InChI=1S/C16H18BrClN2O/c1-10(2)7-13-14(17)15(18)20-16(19-13)12-6-4-5-11(8-12)9-21-3/h4-6,8,10H,7,9H2,1-3H3. The normalized spacial score (nSPS) is 11.1. The highest BCUT2D eigenvalue weighted by Gasteiger charge is 2.13. The second-order valence-corrected chi connectivity index (χ2v) is 6.48. The van der Waals surface area contributed by atoms with Gasteiger partial charge in [0.15, 0.2) is 5.82 Å². The van der Waals surface area contributed by atoms with Gasteiger partial charge in [0, 0.05) is 12.7 Å². The third-order valence-electron chi connectivity index (χ3n) is 2.98. The first kappa shape index (κ1) is 16.4. The van der Waals surface area contributed by atoms with E-state index in [1.165, 1.54) is 0 Å². The van der Waals surface area contributed by atoms with Crippen LogP contribution in [0, 0.1) is 5.92 Å². The molecule has 0 aliphatic carbocycles. The fourth-order valence-corrected chi connectivity index (χ4v) is 2.61. The molecular weight excluding hydrogens is 352 g/mol. The smallest absolute Gasteiger partial charge is 0.161 e. The highest BCUT2D eigenvalue weighted by Crippen LogP contribution is 2.28. The Morgan fingerprint density at radius 3 is 2.71 bits per heavy atom. The van der Waals surface area contributed by atoms with Crippen molar-refractivity contribution in [3.8, 4) is 11.4 Å². The van der Waals surface area contributed by atoms with Crippen molar-refractivity contribution in [3.63, 3.8) is 0 Å². The summed E-state index contributed by atoms with van der Waals surface area (Å²) in [6, 6.07) is 8.01. The number of hydrogen-bond acceptors (Lipinski definition) is 3. The van der Waals surface area contributed by atoms with Gasteiger partial charge >= 0.3 is 0 Å². The molecule has 0 aliphatic rings. The molecule has 0 saturated heterocycles. The van der Waals surface area contributed by atoms with Gasteiger partial charge in [0.05, 0.1) is 16.8 Å². The third kappa shape index (κ3) is 4.25. The van der Waals surface area contributed by atoms with Gasteiger partial charge in [-0.1, -0.05) is 43.6 Å². The van der Waals surface area contributed by atoms with Crippen LogP contribution in [0.4, 0.5) is 0 Å². The SMILES string of the molecule is COCc1cccc(-c2nc(Cl)c(Br)c(CC(C)C)n2)c1. The molecule has 5 heteroatoms. The zero-order chi connectivity index (χ0) is 15.4. The van der Waals surface area contributed by atoms with Crippen LogP contribution in [-0.4, -0.2) is 17.1 Å². The van der Waals surface area contributed by atoms with Crippen molar-refractivity contribution < 1.29 is 4.74 Å². The zero-order valence-corrected chi connectivity index (χ0v) is 14.7. The molecule has 0 radical (unpaired) electrons. The number of benzene rings is 1. The fourth-order valence-electron chi connectivity index (χ4n) is 2.08. The lowest BCUT2D eigenvalue weighted by Crippen LogP contribution is -2.03. The van der Waals surface area contributed by atoms with Crippen LogP contribution in [0.2, 0.25) is 5.15 Å². The number of nitrogens with zero attached hydrogens (tertiary/aromatic N) is 2. The van der Waals surface area contributed by atoms with E-state index < -0.39 is 0 Å². The highest BCUT2D eigenvalue weighted by molar-refractivity contribution is 9.10. The number of aromatic nitrogens is 2. The maximum Gasteiger partial charge on any atom is 0.161 e. The molecule has 21 heavy (non-hydrogen) atoms. The number of methoxy groups -OCH3 is 1. The minimum atomic E-state index is 0.452. The van der Waals surface area contributed by atoms with Crippen molar-refractivity contribution in [1.29, 1.82) is 0 Å². The number of hydrogen-bond donors (Lipinski definition) is 0. The van der Waals surface area contributed by atoms with Crippen LogP contribution >= 0.6 is 27.5 Å². The Hall–Kier alpha value is -0.970. The minimum Gasteiger partial charge on any atom is -0.380 e. The van der Waals surface area contributed by atoms with E-state index in [4.69, 9.17) is 16.3 Å². The predicted molar refractivity (Wildman–Crippen MR) is 89.4 cm³/mol. The van der Waals surface area contributed by atoms with E-state index >= 15 is 0 Å². The van der Waals surface area contributed by atoms with Gasteiger partial charge in [-0.3, -0.25) is 0 Å². The van der Waals surface area contributed by atoms with Crippen molar-refractivity contribution in [3.05, 3.63) is 45.1 Å². The Morgan fingerprint density at radius 2 is 2.05 bits per heavy atom. The Bertz CT molecular complexity index is 632. The van der Waals surface area contributed by atoms with Crippen LogP contribution in [0.1, 0.15) is 25.1 Å². The van der Waals surface area contributed by atoms with Crippen LogP contribution < -0.4 is 0 Å². The molecule has 0 atom stereocenters. The summed E-state index contributed by atoms with van der Waals surface area (Å²) in [6.45, 7) is 4.87. The molecule has 2 aromatic rings. The summed E-state index contributed by atoms with van der Waals surface area (Å²) in [6.07, 6.45) is 0.855. The first-order chi connectivity index (χ1) is 10.0. The van der Waals surface area contributed by atoms with E-state index in [1.54, 1.807) is 7.11 Å². The van der Waals surface area contributed by atoms with Crippen molar-refractivity contribution in [2.75, 3.05) is 7.11 Å². The van der Waals surface area contributed by atoms with Gasteiger partial charge in [-0.05, 0) is 39.9 Å². The number of rotatable bonds is 5. The molecule has 1 heterocycles. The predicted octanol–water partition coefficient (Wildman–Crippen LogP) is 4.90. The van der Waals surface area contributed by atoms with Gasteiger partial charge in [-0.25, -0.2) is 9.97 Å².